The summed E-state index contributed by atoms with van der Waals surface area (Å²) < 4.78 is 6.39. The van der Waals surface area contributed by atoms with Gasteiger partial charge in [-0.25, -0.2) is 14.6 Å². The van der Waals surface area contributed by atoms with E-state index in [-0.39, 0.29) is 18.1 Å². The fourth-order valence-electron chi connectivity index (χ4n) is 2.57. The Morgan fingerprint density at radius 2 is 1.96 bits per heavy atom. The van der Waals surface area contributed by atoms with E-state index < -0.39 is 0 Å². The van der Waals surface area contributed by atoms with Gasteiger partial charge < -0.3 is 16.0 Å². The van der Waals surface area contributed by atoms with E-state index in [1.54, 1.807) is 16.7 Å². The van der Waals surface area contributed by atoms with Crippen molar-refractivity contribution in [3.8, 4) is 11.5 Å². The molecule has 4 aromatic rings. The predicted molar refractivity (Wildman–Crippen MR) is 90.4 cm³/mol. The van der Waals surface area contributed by atoms with Crippen LogP contribution in [0.2, 0.25) is 0 Å². The van der Waals surface area contributed by atoms with Gasteiger partial charge in [0.05, 0.1) is 17.6 Å². The maximum Gasteiger partial charge on any atom is 0.199 e. The van der Waals surface area contributed by atoms with Gasteiger partial charge in [0.15, 0.2) is 23.1 Å². The molecule has 4 rings (SSSR count). The van der Waals surface area contributed by atoms with Crippen LogP contribution in [0.1, 0.15) is 10.4 Å². The number of hydrogen-bond acceptors (Lipinski definition) is 8. The number of Topliss-reactive ketones (excluding diaryl/α,β-unsaturated/α-hetero) is 1. The van der Waals surface area contributed by atoms with E-state index in [1.807, 2.05) is 24.3 Å². The molecule has 25 heavy (non-hydrogen) atoms. The summed E-state index contributed by atoms with van der Waals surface area (Å²) in [5.41, 5.74) is 13.6. The van der Waals surface area contributed by atoms with Crippen molar-refractivity contribution in [2.24, 2.45) is 0 Å². The molecule has 0 atom stereocenters. The number of nitrogens with two attached hydrogens (primary N) is 2. The van der Waals surface area contributed by atoms with Gasteiger partial charge in [0.2, 0.25) is 0 Å². The van der Waals surface area contributed by atoms with Gasteiger partial charge in [-0.2, -0.15) is 0 Å². The zero-order chi connectivity index (χ0) is 17.4. The van der Waals surface area contributed by atoms with E-state index >= 15 is 0 Å². The summed E-state index contributed by atoms with van der Waals surface area (Å²) in [6, 6.07) is 10.6. The Hall–Kier alpha value is -3.75. The molecule has 0 unspecified atom stereocenters. The average Bonchev–Trinajstić information content (AvgIpc) is 3.19. The number of pyridine rings is 1. The number of benzene rings is 1. The molecule has 9 nitrogen and oxygen atoms in total. The Balaban J connectivity index is 1.81. The summed E-state index contributed by atoms with van der Waals surface area (Å²) in [7, 11) is 0. The van der Waals surface area contributed by atoms with Crippen LogP contribution in [0.4, 0.5) is 11.6 Å². The van der Waals surface area contributed by atoms with Gasteiger partial charge in [0.1, 0.15) is 5.82 Å². The molecule has 0 fully saturated rings. The maximum atomic E-state index is 12.7. The van der Waals surface area contributed by atoms with Crippen LogP contribution >= 0.6 is 0 Å². The van der Waals surface area contributed by atoms with Gasteiger partial charge in [-0.05, 0) is 34.6 Å². The first-order valence-corrected chi connectivity index (χ1v) is 7.42. The quantitative estimate of drug-likeness (QED) is 0.535. The van der Waals surface area contributed by atoms with Crippen molar-refractivity contribution in [2.45, 2.75) is 6.54 Å². The molecule has 0 aliphatic rings. The second-order valence-corrected chi connectivity index (χ2v) is 5.40. The number of hydrogen-bond donors (Lipinski definition) is 2. The van der Waals surface area contributed by atoms with Gasteiger partial charge in [-0.15, -0.1) is 0 Å². The minimum Gasteiger partial charge on any atom is -0.384 e. The molecule has 0 saturated carbocycles. The SMILES string of the molecule is Nc1ccc(C(=O)Cn2c(-c3nonc3N)nc3ccccc32)cn1. The van der Waals surface area contributed by atoms with Gasteiger partial charge in [0.25, 0.3) is 0 Å². The van der Waals surface area contributed by atoms with Crippen LogP contribution in [0.15, 0.2) is 47.2 Å². The van der Waals surface area contributed by atoms with Crippen LogP contribution in [-0.2, 0) is 6.54 Å². The summed E-state index contributed by atoms with van der Waals surface area (Å²) in [6.45, 7) is 0.0355. The largest absolute Gasteiger partial charge is 0.384 e. The third kappa shape index (κ3) is 2.57. The number of ketones is 1. The zero-order valence-electron chi connectivity index (χ0n) is 13.0. The summed E-state index contributed by atoms with van der Waals surface area (Å²) in [4.78, 5) is 21.1. The molecule has 3 aromatic heterocycles. The summed E-state index contributed by atoms with van der Waals surface area (Å²) in [6.07, 6.45) is 1.45. The minimum absolute atomic E-state index is 0.0355. The number of nitrogens with zero attached hydrogens (tertiary/aromatic N) is 5. The highest BCUT2D eigenvalue weighted by atomic mass is 16.6. The molecule has 9 heteroatoms. The smallest absolute Gasteiger partial charge is 0.199 e. The summed E-state index contributed by atoms with van der Waals surface area (Å²) in [5.74, 6) is 0.730. The first kappa shape index (κ1) is 14.8. The highest BCUT2D eigenvalue weighted by Crippen LogP contribution is 2.26. The monoisotopic (exact) mass is 335 g/mol. The molecule has 4 N–H and O–H groups in total. The standard InChI is InChI=1S/C16H13N7O2/c17-13-6-5-9(7-19-13)12(24)8-23-11-4-2-1-3-10(11)20-16(23)14-15(18)22-25-21-14/h1-7H,8H2,(H2,17,19)(H2,18,22). The average molecular weight is 335 g/mol. The van der Waals surface area contributed by atoms with Crippen molar-refractivity contribution < 1.29 is 9.42 Å². The molecule has 0 aliphatic heterocycles. The van der Waals surface area contributed by atoms with Crippen molar-refractivity contribution in [1.82, 2.24) is 24.8 Å². The summed E-state index contributed by atoms with van der Waals surface area (Å²) in [5, 5.41) is 7.38. The van der Waals surface area contributed by atoms with E-state index in [4.69, 9.17) is 11.5 Å². The third-order valence-corrected chi connectivity index (χ3v) is 3.79. The minimum atomic E-state index is -0.146. The van der Waals surface area contributed by atoms with Gasteiger partial charge in [-0.1, -0.05) is 12.1 Å². The Labute approximate surface area is 141 Å². The number of carbonyl (C=O) groups excluding carboxylic acids is 1. The van der Waals surface area contributed by atoms with Crippen LogP contribution < -0.4 is 11.5 Å². The molecule has 0 aliphatic carbocycles. The number of nitrogen functional groups attached to an aromatic ring is 2. The number of aromatic nitrogens is 5. The van der Waals surface area contributed by atoms with Crippen molar-refractivity contribution in [3.63, 3.8) is 0 Å². The van der Waals surface area contributed by atoms with Crippen LogP contribution in [0.5, 0.6) is 0 Å². The van der Waals surface area contributed by atoms with E-state index in [1.165, 1.54) is 6.20 Å². The molecule has 0 radical (unpaired) electrons. The number of fused-ring (bicyclic) bond motifs is 1. The number of carbonyl (C=O) groups is 1. The van der Waals surface area contributed by atoms with Crippen molar-refractivity contribution >= 4 is 28.5 Å². The Morgan fingerprint density at radius 1 is 1.12 bits per heavy atom. The van der Waals surface area contributed by atoms with Crippen molar-refractivity contribution in [3.05, 3.63) is 48.2 Å². The predicted octanol–water partition coefficient (Wildman–Crippen LogP) is 1.53. The maximum absolute atomic E-state index is 12.7. The molecule has 0 saturated heterocycles. The Morgan fingerprint density at radius 3 is 2.68 bits per heavy atom. The van der Waals surface area contributed by atoms with Gasteiger partial charge in [-0.3, -0.25) is 4.79 Å². The van der Waals surface area contributed by atoms with Crippen LogP contribution in [0, 0.1) is 0 Å². The lowest BCUT2D eigenvalue weighted by Gasteiger charge is -2.07. The molecule has 1 aromatic carbocycles. The lowest BCUT2D eigenvalue weighted by Crippen LogP contribution is -2.12. The fourth-order valence-corrected chi connectivity index (χ4v) is 2.57. The highest BCUT2D eigenvalue weighted by Gasteiger charge is 2.21. The van der Waals surface area contributed by atoms with Crippen LogP contribution in [0.25, 0.3) is 22.6 Å². The van der Waals surface area contributed by atoms with E-state index in [2.05, 4.69) is 24.9 Å². The molecular weight excluding hydrogens is 322 g/mol. The molecule has 124 valence electrons. The number of imidazole rings is 1. The fraction of sp³-hybridized carbons (Fsp3) is 0.0625. The topological polar surface area (TPSA) is 139 Å². The number of rotatable bonds is 4. The van der Waals surface area contributed by atoms with E-state index in [0.29, 0.717) is 28.4 Å². The third-order valence-electron chi connectivity index (χ3n) is 3.79. The Kier molecular flexibility index (Phi) is 3.38. The molecular formula is C16H13N7O2. The second kappa shape index (κ2) is 5.71. The number of anilines is 2. The first-order valence-electron chi connectivity index (χ1n) is 7.42. The molecule has 0 spiro atoms. The van der Waals surface area contributed by atoms with E-state index in [0.717, 1.165) is 5.52 Å². The second-order valence-electron chi connectivity index (χ2n) is 5.40. The van der Waals surface area contributed by atoms with Crippen molar-refractivity contribution in [2.75, 3.05) is 11.5 Å². The van der Waals surface area contributed by atoms with Gasteiger partial charge >= 0.3 is 0 Å². The van der Waals surface area contributed by atoms with Gasteiger partial charge in [0, 0.05) is 11.8 Å². The highest BCUT2D eigenvalue weighted by molar-refractivity contribution is 5.97. The molecule has 3 heterocycles. The van der Waals surface area contributed by atoms with Crippen LogP contribution in [0.3, 0.4) is 0 Å². The summed E-state index contributed by atoms with van der Waals surface area (Å²) >= 11 is 0. The lowest BCUT2D eigenvalue weighted by molar-refractivity contribution is 0.0973. The first-order chi connectivity index (χ1) is 12.1. The Bertz CT molecular complexity index is 1070. The zero-order valence-corrected chi connectivity index (χ0v) is 13.0. The normalized spacial score (nSPS) is 11.0. The van der Waals surface area contributed by atoms with Crippen LogP contribution in [-0.4, -0.2) is 30.6 Å². The molecule has 0 bridgehead atoms. The van der Waals surface area contributed by atoms with E-state index in [9.17, 15) is 4.79 Å². The number of para-hydroxylation sites is 2. The van der Waals surface area contributed by atoms with Crippen molar-refractivity contribution in [1.29, 1.82) is 0 Å². The lowest BCUT2D eigenvalue weighted by atomic mass is 10.2. The molecule has 0 amide bonds.